The van der Waals surface area contributed by atoms with Gasteiger partial charge in [-0.05, 0) is 23.1 Å². The Morgan fingerprint density at radius 1 is 1.43 bits per heavy atom. The highest BCUT2D eigenvalue weighted by Crippen LogP contribution is 2.41. The van der Waals surface area contributed by atoms with Gasteiger partial charge in [-0.3, -0.25) is 0 Å². The third kappa shape index (κ3) is 2.68. The molecule has 0 amide bonds. The summed E-state index contributed by atoms with van der Waals surface area (Å²) in [6, 6.07) is 5.01. The third-order valence-electron chi connectivity index (χ3n) is 1.98. The molecular weight excluding hydrogens is 242 g/mol. The lowest BCUT2D eigenvalue weighted by atomic mass is 10.1. The van der Waals surface area contributed by atoms with E-state index in [0.717, 1.165) is 5.56 Å². The molecule has 0 saturated carbocycles. The lowest BCUT2D eigenvalue weighted by Gasteiger charge is -2.03. The zero-order chi connectivity index (χ0) is 10.7. The first-order chi connectivity index (χ1) is 6.56. The average molecular weight is 252 g/mol. The topological polar surface area (TPSA) is 37.3 Å². The van der Waals surface area contributed by atoms with Gasteiger partial charge in [0.05, 0.1) is 10.0 Å². The fourth-order valence-electron chi connectivity index (χ4n) is 1.24. The summed E-state index contributed by atoms with van der Waals surface area (Å²) in [6.07, 6.45) is 0.601. The first kappa shape index (κ1) is 11.9. The molecule has 1 aromatic rings. The van der Waals surface area contributed by atoms with Gasteiger partial charge in [0.2, 0.25) is 5.66 Å². The molecule has 1 rings (SSSR count). The number of halogens is 2. The Kier molecular flexibility index (Phi) is 4.33. The van der Waals surface area contributed by atoms with Crippen LogP contribution < -0.4 is 0 Å². The number of hydrogen-bond acceptors (Lipinski definition) is 1. The van der Waals surface area contributed by atoms with Crippen LogP contribution in [0.2, 0.25) is 10.0 Å². The Morgan fingerprint density at radius 3 is 2.50 bits per heavy atom. The molecule has 1 N–H and O–H groups in total. The van der Waals surface area contributed by atoms with Crippen molar-refractivity contribution in [2.45, 2.75) is 19.0 Å². The molecule has 0 spiro atoms. The average Bonchev–Trinajstić information content (AvgIpc) is 2.11. The van der Waals surface area contributed by atoms with E-state index in [1.54, 1.807) is 18.2 Å². The molecule has 5 heteroatoms. The molecule has 0 aliphatic heterocycles. The zero-order valence-electron chi connectivity index (χ0n) is 7.58. The maximum absolute atomic E-state index is 11.0. The van der Waals surface area contributed by atoms with E-state index in [9.17, 15) is 4.57 Å². The van der Waals surface area contributed by atoms with Crippen LogP contribution in [0.1, 0.15) is 24.6 Å². The van der Waals surface area contributed by atoms with Crippen molar-refractivity contribution in [2.75, 3.05) is 0 Å². The summed E-state index contributed by atoms with van der Waals surface area (Å²) in [5.41, 5.74) is 0.394. The maximum Gasteiger partial charge on any atom is 0.513 e. The molecule has 76 valence electrons. The Hall–Kier alpha value is -0.140. The summed E-state index contributed by atoms with van der Waals surface area (Å²) >= 11 is 11.6. The summed E-state index contributed by atoms with van der Waals surface area (Å²) in [4.78, 5) is 9.06. The summed E-state index contributed by atoms with van der Waals surface area (Å²) < 4.78 is 11.0. The Bertz CT molecular complexity index is 355. The van der Waals surface area contributed by atoms with E-state index in [2.05, 4.69) is 0 Å². The van der Waals surface area contributed by atoms with Crippen LogP contribution in [-0.4, -0.2) is 4.89 Å². The molecule has 0 fully saturated rings. The van der Waals surface area contributed by atoms with Gasteiger partial charge in [0.15, 0.2) is 0 Å². The van der Waals surface area contributed by atoms with Crippen LogP contribution in [0.15, 0.2) is 18.2 Å². The molecule has 0 bridgehead atoms. The molecule has 1 aromatic carbocycles. The summed E-state index contributed by atoms with van der Waals surface area (Å²) in [5, 5.41) is 0.873. The van der Waals surface area contributed by atoms with Crippen LogP contribution in [0.4, 0.5) is 0 Å². The van der Waals surface area contributed by atoms with Crippen LogP contribution in [0.25, 0.3) is 0 Å². The highest BCUT2D eigenvalue weighted by Gasteiger charge is 2.29. The number of hydrogen-bond donors (Lipinski definition) is 1. The van der Waals surface area contributed by atoms with E-state index in [-0.39, 0.29) is 5.66 Å². The van der Waals surface area contributed by atoms with Crippen LogP contribution in [0.3, 0.4) is 0 Å². The van der Waals surface area contributed by atoms with Gasteiger partial charge < -0.3 is 0 Å². The predicted molar refractivity (Wildman–Crippen MR) is 59.3 cm³/mol. The molecule has 2 atom stereocenters. The van der Waals surface area contributed by atoms with Gasteiger partial charge in [0.25, 0.3) is 0 Å². The molecule has 2 unspecified atom stereocenters. The van der Waals surface area contributed by atoms with Crippen LogP contribution in [0.5, 0.6) is 0 Å². The molecule has 0 radical (unpaired) electrons. The summed E-state index contributed by atoms with van der Waals surface area (Å²) in [6.45, 7) is 1.86. The van der Waals surface area contributed by atoms with Crippen molar-refractivity contribution < 1.29 is 9.46 Å². The second-order valence-electron chi connectivity index (χ2n) is 2.90. The standard InChI is InChI=1S/C9H9Cl2O2P/c1-2-9(14(12)13)6-3-4-7(10)8(11)5-6/h3-5,9H,2H2,1H3/p+1. The minimum absolute atomic E-state index is 0.361. The normalized spacial score (nSPS) is 13.9. The van der Waals surface area contributed by atoms with Gasteiger partial charge in [0.1, 0.15) is 0 Å². The number of rotatable bonds is 3. The largest absolute Gasteiger partial charge is 0.513 e. The predicted octanol–water partition coefficient (Wildman–Crippen LogP) is 4.18. The quantitative estimate of drug-likeness (QED) is 0.819. The van der Waals surface area contributed by atoms with Crippen LogP contribution in [0, 0.1) is 0 Å². The van der Waals surface area contributed by atoms with Gasteiger partial charge in [0, 0.05) is 5.56 Å². The van der Waals surface area contributed by atoms with Crippen molar-refractivity contribution in [3.63, 3.8) is 0 Å². The van der Waals surface area contributed by atoms with Crippen molar-refractivity contribution in [2.24, 2.45) is 0 Å². The van der Waals surface area contributed by atoms with E-state index in [0.29, 0.717) is 16.5 Å². The van der Waals surface area contributed by atoms with E-state index in [4.69, 9.17) is 28.1 Å². The minimum atomic E-state index is -2.21. The van der Waals surface area contributed by atoms with E-state index in [1.807, 2.05) is 6.92 Å². The molecule has 0 aliphatic rings. The highest BCUT2D eigenvalue weighted by molar-refractivity contribution is 7.38. The van der Waals surface area contributed by atoms with E-state index < -0.39 is 8.03 Å². The fourth-order valence-corrected chi connectivity index (χ4v) is 2.27. The molecule has 14 heavy (non-hydrogen) atoms. The molecule has 0 aliphatic carbocycles. The van der Waals surface area contributed by atoms with Gasteiger partial charge >= 0.3 is 8.03 Å². The molecular formula is C9H10Cl2O2P+. The van der Waals surface area contributed by atoms with Gasteiger partial charge in [-0.2, -0.15) is 4.89 Å². The Morgan fingerprint density at radius 2 is 2.07 bits per heavy atom. The lowest BCUT2D eigenvalue weighted by Crippen LogP contribution is -1.91. The fraction of sp³-hybridized carbons (Fsp3) is 0.333. The van der Waals surface area contributed by atoms with Crippen molar-refractivity contribution in [3.05, 3.63) is 33.8 Å². The van der Waals surface area contributed by atoms with Gasteiger partial charge in [-0.15, -0.1) is 0 Å². The smallest absolute Gasteiger partial charge is 0.160 e. The molecule has 2 nitrogen and oxygen atoms in total. The van der Waals surface area contributed by atoms with E-state index in [1.165, 1.54) is 0 Å². The van der Waals surface area contributed by atoms with Crippen molar-refractivity contribution in [1.29, 1.82) is 0 Å². The summed E-state index contributed by atoms with van der Waals surface area (Å²) in [7, 11) is -2.21. The van der Waals surface area contributed by atoms with Crippen molar-refractivity contribution in [3.8, 4) is 0 Å². The Labute approximate surface area is 93.7 Å². The second kappa shape index (κ2) is 5.09. The molecule has 0 heterocycles. The van der Waals surface area contributed by atoms with E-state index >= 15 is 0 Å². The van der Waals surface area contributed by atoms with Gasteiger partial charge in [-0.1, -0.05) is 36.2 Å². The molecule has 0 aromatic heterocycles. The Balaban J connectivity index is 3.06. The van der Waals surface area contributed by atoms with Gasteiger partial charge in [-0.25, -0.2) is 0 Å². The second-order valence-corrected chi connectivity index (χ2v) is 4.94. The first-order valence-electron chi connectivity index (χ1n) is 4.16. The highest BCUT2D eigenvalue weighted by atomic mass is 35.5. The zero-order valence-corrected chi connectivity index (χ0v) is 9.98. The summed E-state index contributed by atoms with van der Waals surface area (Å²) in [5.74, 6) is 0. The maximum atomic E-state index is 11.0. The first-order valence-corrected chi connectivity index (χ1v) is 6.20. The van der Waals surface area contributed by atoms with Crippen LogP contribution in [-0.2, 0) is 4.57 Å². The van der Waals surface area contributed by atoms with Crippen molar-refractivity contribution >= 4 is 31.2 Å². The lowest BCUT2D eigenvalue weighted by molar-refractivity contribution is 0.488. The van der Waals surface area contributed by atoms with Crippen molar-refractivity contribution in [1.82, 2.24) is 0 Å². The monoisotopic (exact) mass is 251 g/mol. The van der Waals surface area contributed by atoms with Crippen LogP contribution >= 0.6 is 31.2 Å². The molecule has 0 saturated heterocycles. The SMILES string of the molecule is CCC(c1ccc(Cl)c(Cl)c1)[P+](=O)O. The minimum Gasteiger partial charge on any atom is -0.160 e. The number of benzene rings is 1. The third-order valence-corrected chi connectivity index (χ3v) is 3.92.